The lowest BCUT2D eigenvalue weighted by Crippen LogP contribution is -1.92. The van der Waals surface area contributed by atoms with Gasteiger partial charge in [0.25, 0.3) is 0 Å². The van der Waals surface area contributed by atoms with Gasteiger partial charge >= 0.3 is 0 Å². The lowest BCUT2D eigenvalue weighted by Gasteiger charge is -1.98. The first-order valence-corrected chi connectivity index (χ1v) is 5.49. The summed E-state index contributed by atoms with van der Waals surface area (Å²) >= 11 is 9.30. The summed E-state index contributed by atoms with van der Waals surface area (Å²) in [5, 5.41) is 4.54. The summed E-state index contributed by atoms with van der Waals surface area (Å²) in [6.45, 7) is 0.345. The third-order valence-electron chi connectivity index (χ3n) is 1.98. The van der Waals surface area contributed by atoms with E-state index in [1.54, 1.807) is 6.07 Å². The molecule has 0 radical (unpaired) electrons. The monoisotopic (exact) mass is 286 g/mol. The number of nitrogens with zero attached hydrogens (tertiary/aromatic N) is 1. The van der Waals surface area contributed by atoms with E-state index >= 15 is 0 Å². The summed E-state index contributed by atoms with van der Waals surface area (Å²) in [5.74, 6) is 0.657. The van der Waals surface area contributed by atoms with Crippen LogP contribution in [0.5, 0.6) is 0 Å². The average molecular weight is 288 g/mol. The van der Waals surface area contributed by atoms with Gasteiger partial charge in [-0.1, -0.05) is 22.8 Å². The Morgan fingerprint density at radius 3 is 2.80 bits per heavy atom. The Bertz CT molecular complexity index is 484. The van der Waals surface area contributed by atoms with Gasteiger partial charge in [-0.05, 0) is 28.1 Å². The maximum Gasteiger partial charge on any atom is 0.150 e. The molecule has 15 heavy (non-hydrogen) atoms. The molecule has 2 aromatic rings. The number of hydrogen-bond acceptors (Lipinski definition) is 3. The minimum absolute atomic E-state index is 0.345. The molecule has 5 heteroatoms. The van der Waals surface area contributed by atoms with Gasteiger partial charge in [-0.25, -0.2) is 0 Å². The molecule has 0 aliphatic carbocycles. The van der Waals surface area contributed by atoms with Gasteiger partial charge in [-0.15, -0.1) is 0 Å². The van der Waals surface area contributed by atoms with Crippen LogP contribution in [0.4, 0.5) is 0 Å². The Morgan fingerprint density at radius 2 is 2.20 bits per heavy atom. The van der Waals surface area contributed by atoms with Crippen molar-refractivity contribution < 1.29 is 4.52 Å². The molecule has 0 unspecified atom stereocenters. The normalized spacial score (nSPS) is 10.6. The fourth-order valence-electron chi connectivity index (χ4n) is 1.20. The van der Waals surface area contributed by atoms with E-state index < -0.39 is 0 Å². The molecular formula is C10H8BrClN2O. The van der Waals surface area contributed by atoms with Gasteiger partial charge in [0.15, 0.2) is 5.76 Å². The summed E-state index contributed by atoms with van der Waals surface area (Å²) in [7, 11) is 0. The van der Waals surface area contributed by atoms with Crippen molar-refractivity contribution in [2.24, 2.45) is 5.73 Å². The molecule has 1 aromatic heterocycles. The molecule has 2 rings (SSSR count). The molecule has 78 valence electrons. The van der Waals surface area contributed by atoms with Crippen molar-refractivity contribution in [2.45, 2.75) is 6.54 Å². The largest absolute Gasteiger partial charge is 0.359 e. The maximum atomic E-state index is 5.97. The highest BCUT2D eigenvalue weighted by Gasteiger charge is 2.06. The van der Waals surface area contributed by atoms with Crippen molar-refractivity contribution in [1.29, 1.82) is 0 Å². The van der Waals surface area contributed by atoms with Gasteiger partial charge in [0.2, 0.25) is 0 Å². The minimum atomic E-state index is 0.345. The third kappa shape index (κ3) is 2.22. The first kappa shape index (κ1) is 10.7. The van der Waals surface area contributed by atoms with E-state index in [9.17, 15) is 0 Å². The SMILES string of the molecule is NCc1cc(-c2ccc(Br)c(Cl)c2)no1. The number of hydrogen-bond donors (Lipinski definition) is 1. The van der Waals surface area contributed by atoms with Crippen LogP contribution < -0.4 is 5.73 Å². The van der Waals surface area contributed by atoms with Crippen molar-refractivity contribution in [3.8, 4) is 11.3 Å². The molecule has 3 nitrogen and oxygen atoms in total. The van der Waals surface area contributed by atoms with Crippen LogP contribution in [0.2, 0.25) is 5.02 Å². The highest BCUT2D eigenvalue weighted by molar-refractivity contribution is 9.10. The Morgan fingerprint density at radius 1 is 1.40 bits per heavy atom. The summed E-state index contributed by atoms with van der Waals surface area (Å²) in [6.07, 6.45) is 0. The molecule has 0 spiro atoms. The molecular weight excluding hydrogens is 279 g/mol. The number of benzene rings is 1. The summed E-state index contributed by atoms with van der Waals surface area (Å²) in [5.41, 5.74) is 7.08. The fraction of sp³-hybridized carbons (Fsp3) is 0.100. The molecule has 0 fully saturated rings. The zero-order chi connectivity index (χ0) is 10.8. The van der Waals surface area contributed by atoms with Gasteiger partial charge < -0.3 is 10.3 Å². The molecule has 0 aliphatic rings. The van der Waals surface area contributed by atoms with E-state index in [1.807, 2.05) is 18.2 Å². The van der Waals surface area contributed by atoms with E-state index in [1.165, 1.54) is 0 Å². The summed E-state index contributed by atoms with van der Waals surface area (Å²) in [4.78, 5) is 0. The Kier molecular flexibility index (Phi) is 3.09. The van der Waals surface area contributed by atoms with Crippen molar-refractivity contribution in [3.05, 3.63) is 39.5 Å². The lowest BCUT2D eigenvalue weighted by molar-refractivity contribution is 0.387. The summed E-state index contributed by atoms with van der Waals surface area (Å²) < 4.78 is 5.87. The van der Waals surface area contributed by atoms with Crippen LogP contribution in [0.25, 0.3) is 11.3 Å². The lowest BCUT2D eigenvalue weighted by atomic mass is 10.1. The highest BCUT2D eigenvalue weighted by atomic mass is 79.9. The molecule has 1 heterocycles. The third-order valence-corrected chi connectivity index (χ3v) is 3.21. The average Bonchev–Trinajstić information content (AvgIpc) is 2.70. The summed E-state index contributed by atoms with van der Waals surface area (Å²) in [6, 6.07) is 7.41. The molecule has 1 aromatic carbocycles. The van der Waals surface area contributed by atoms with Crippen molar-refractivity contribution in [1.82, 2.24) is 5.16 Å². The first-order valence-electron chi connectivity index (χ1n) is 4.32. The Hall–Kier alpha value is -0.840. The first-order chi connectivity index (χ1) is 7.20. The number of rotatable bonds is 2. The van der Waals surface area contributed by atoms with Crippen molar-refractivity contribution >= 4 is 27.5 Å². The van der Waals surface area contributed by atoms with Gasteiger partial charge in [0.1, 0.15) is 5.69 Å². The number of nitrogens with two attached hydrogens (primary N) is 1. The zero-order valence-corrected chi connectivity index (χ0v) is 10.0. The molecule has 0 aliphatic heterocycles. The van der Waals surface area contributed by atoms with E-state index in [2.05, 4.69) is 21.1 Å². The maximum absolute atomic E-state index is 5.97. The second kappa shape index (κ2) is 4.35. The molecule has 0 saturated heterocycles. The number of aromatic nitrogens is 1. The standard InChI is InChI=1S/C10H8BrClN2O/c11-8-2-1-6(3-9(8)12)10-4-7(5-13)15-14-10/h1-4H,5,13H2. The zero-order valence-electron chi connectivity index (χ0n) is 7.71. The topological polar surface area (TPSA) is 52.0 Å². The highest BCUT2D eigenvalue weighted by Crippen LogP contribution is 2.28. The predicted octanol–water partition coefficient (Wildman–Crippen LogP) is 3.22. The Labute approximate surface area is 100 Å². The molecule has 0 amide bonds. The van der Waals surface area contributed by atoms with Gasteiger partial charge in [-0.2, -0.15) is 0 Å². The predicted molar refractivity (Wildman–Crippen MR) is 62.5 cm³/mol. The van der Waals surface area contributed by atoms with Crippen molar-refractivity contribution in [2.75, 3.05) is 0 Å². The van der Waals surface area contributed by atoms with Crippen LogP contribution in [0.3, 0.4) is 0 Å². The van der Waals surface area contributed by atoms with Gasteiger partial charge in [0.05, 0.1) is 11.6 Å². The van der Waals surface area contributed by atoms with Crippen molar-refractivity contribution in [3.63, 3.8) is 0 Å². The second-order valence-corrected chi connectivity index (χ2v) is 4.27. The quantitative estimate of drug-likeness (QED) is 0.922. The molecule has 0 bridgehead atoms. The van der Waals surface area contributed by atoms with Crippen LogP contribution in [-0.4, -0.2) is 5.16 Å². The smallest absolute Gasteiger partial charge is 0.150 e. The van der Waals surface area contributed by atoms with Crippen LogP contribution in [0, 0.1) is 0 Å². The van der Waals surface area contributed by atoms with Crippen LogP contribution in [-0.2, 0) is 6.54 Å². The van der Waals surface area contributed by atoms with Gasteiger partial charge in [0, 0.05) is 16.1 Å². The van der Waals surface area contributed by atoms with Crippen LogP contribution in [0.1, 0.15) is 5.76 Å². The minimum Gasteiger partial charge on any atom is -0.359 e. The van der Waals surface area contributed by atoms with Crippen LogP contribution >= 0.6 is 27.5 Å². The second-order valence-electron chi connectivity index (χ2n) is 3.01. The van der Waals surface area contributed by atoms with Crippen LogP contribution in [0.15, 0.2) is 33.3 Å². The fourth-order valence-corrected chi connectivity index (χ4v) is 1.63. The Balaban J connectivity index is 2.40. The van der Waals surface area contributed by atoms with E-state index in [0.29, 0.717) is 17.3 Å². The molecule has 0 saturated carbocycles. The van der Waals surface area contributed by atoms with E-state index in [-0.39, 0.29) is 0 Å². The molecule has 2 N–H and O–H groups in total. The van der Waals surface area contributed by atoms with Gasteiger partial charge in [-0.3, -0.25) is 0 Å². The van der Waals surface area contributed by atoms with E-state index in [4.69, 9.17) is 21.9 Å². The number of halogens is 2. The molecule has 0 atom stereocenters. The van der Waals surface area contributed by atoms with E-state index in [0.717, 1.165) is 15.7 Å².